The monoisotopic (exact) mass is 896 g/mol. The zero-order chi connectivity index (χ0) is 42.7. The fourth-order valence-electron chi connectivity index (χ4n) is 7.93. The van der Waals surface area contributed by atoms with Crippen molar-refractivity contribution in [3.05, 3.63) is 148 Å². The van der Waals surface area contributed by atoms with Crippen LogP contribution >= 0.6 is 0 Å². The Hall–Kier alpha value is -6.49. The van der Waals surface area contributed by atoms with Gasteiger partial charge in [0.15, 0.2) is 21.7 Å². The first-order chi connectivity index (χ1) is 28.3. The summed E-state index contributed by atoms with van der Waals surface area (Å²) in [5.74, 6) is 0. The van der Waals surface area contributed by atoms with Crippen molar-refractivity contribution >= 4 is 107 Å². The molecule has 4 N–H and O–H groups in total. The average Bonchev–Trinajstić information content (AvgIpc) is 3.18. The van der Waals surface area contributed by atoms with E-state index >= 15 is 0 Å². The van der Waals surface area contributed by atoms with E-state index in [2.05, 4.69) is 19.9 Å². The van der Waals surface area contributed by atoms with Gasteiger partial charge in [-0.05, 0) is 112 Å². The maximum absolute atomic E-state index is 13.1. The number of pyridine rings is 4. The van der Waals surface area contributed by atoms with E-state index in [1.165, 1.54) is 24.3 Å². The van der Waals surface area contributed by atoms with Crippen LogP contribution in [0.25, 0.3) is 87.2 Å². The van der Waals surface area contributed by atoms with Crippen LogP contribution in [0.5, 0.6) is 0 Å². The molecule has 14 nitrogen and oxygen atoms in total. The van der Waals surface area contributed by atoms with Crippen LogP contribution in [0, 0.1) is 27.7 Å². The SMILES string of the molecule is Cc1ccc2[nH]c3cc4c(=O)c5cc(C)cc(S(=O)(=O)[O-])c5[nH]c4cc3c(=O)c2c1.Cc1ccc2[nH]c3cc4c(=O)c5cc(C)cc(S(=O)(=O)[O-])c5[nH]c4cc3c(=O)c2c1.[Ni+2]. The molecule has 6 aromatic carbocycles. The number of fused-ring (bicyclic) bond motifs is 8. The Bertz CT molecular complexity index is 3830. The van der Waals surface area contributed by atoms with E-state index in [9.17, 15) is 45.1 Å². The van der Waals surface area contributed by atoms with E-state index in [1.807, 2.05) is 38.1 Å². The predicted molar refractivity (Wildman–Crippen MR) is 230 cm³/mol. The quantitative estimate of drug-likeness (QED) is 0.0846. The molecule has 0 aliphatic rings. The number of aromatic amines is 4. The summed E-state index contributed by atoms with van der Waals surface area (Å²) >= 11 is 0. The molecule has 0 aliphatic carbocycles. The van der Waals surface area contributed by atoms with E-state index in [0.717, 1.165) is 11.1 Å². The molecule has 0 spiro atoms. The van der Waals surface area contributed by atoms with Crippen molar-refractivity contribution in [2.45, 2.75) is 37.5 Å². The molecule has 0 amide bonds. The molecule has 0 fully saturated rings. The molecule has 10 aromatic rings. The standard InChI is InChI=1S/2C22H16N2O5S.Ni/c2*1-10-3-4-16-12(5-10)21(25)13-9-18-14(8-17(13)23-16)22(26)15-6-11(2)7-19(20(15)24-18)30(27,28)29;/h2*3-9H,1-2H3,(H,23,25)(H,24,26)(H,27,28,29);/q;;+2/p-2. The number of H-pyrrole nitrogens is 4. The molecule has 4 aromatic heterocycles. The molecule has 0 unspecified atom stereocenters. The molecule has 0 bridgehead atoms. The van der Waals surface area contributed by atoms with Gasteiger partial charge in [-0.15, -0.1) is 0 Å². The smallest absolute Gasteiger partial charge is 0.744 e. The Labute approximate surface area is 353 Å². The zero-order valence-electron chi connectivity index (χ0n) is 32.3. The molecule has 4 heterocycles. The fraction of sp³-hybridized carbons (Fsp3) is 0.0909. The Morgan fingerprint density at radius 3 is 0.967 bits per heavy atom. The van der Waals surface area contributed by atoms with E-state index in [-0.39, 0.29) is 71.0 Å². The van der Waals surface area contributed by atoms with Crippen LogP contribution in [-0.4, -0.2) is 45.9 Å². The maximum Gasteiger partial charge on any atom is 2.00 e. The number of benzene rings is 6. The Balaban J connectivity index is 0.000000166. The van der Waals surface area contributed by atoms with Crippen molar-refractivity contribution in [1.29, 1.82) is 0 Å². The minimum atomic E-state index is -4.81. The second-order valence-corrected chi connectivity index (χ2v) is 17.8. The summed E-state index contributed by atoms with van der Waals surface area (Å²) in [5, 5.41) is 2.54. The van der Waals surface area contributed by atoms with Crippen molar-refractivity contribution in [2.75, 3.05) is 0 Å². The van der Waals surface area contributed by atoms with E-state index in [4.69, 9.17) is 0 Å². The van der Waals surface area contributed by atoms with Gasteiger partial charge < -0.3 is 29.0 Å². The van der Waals surface area contributed by atoms with Crippen LogP contribution in [0.2, 0.25) is 0 Å². The summed E-state index contributed by atoms with van der Waals surface area (Å²) in [5.41, 5.74) is 4.37. The second-order valence-electron chi connectivity index (χ2n) is 15.1. The molecule has 10 rings (SSSR count). The van der Waals surface area contributed by atoms with Crippen molar-refractivity contribution in [2.24, 2.45) is 0 Å². The average molecular weight is 898 g/mol. The summed E-state index contributed by atoms with van der Waals surface area (Å²) in [6, 6.07) is 22.7. The van der Waals surface area contributed by atoms with Crippen LogP contribution in [0.4, 0.5) is 0 Å². The summed E-state index contributed by atoms with van der Waals surface area (Å²) in [7, 11) is -9.62. The molecular formula is C44H30N4NiO10S2. The molecular weight excluding hydrogens is 867 g/mol. The first-order valence-electron chi connectivity index (χ1n) is 18.3. The third-order valence-corrected chi connectivity index (χ3v) is 12.4. The van der Waals surface area contributed by atoms with Gasteiger partial charge in [-0.2, -0.15) is 0 Å². The van der Waals surface area contributed by atoms with Gasteiger partial charge in [-0.25, -0.2) is 16.8 Å². The zero-order valence-corrected chi connectivity index (χ0v) is 34.9. The van der Waals surface area contributed by atoms with Gasteiger partial charge in [0.05, 0.1) is 42.9 Å². The minimum Gasteiger partial charge on any atom is -0.744 e. The maximum atomic E-state index is 13.1. The van der Waals surface area contributed by atoms with Crippen molar-refractivity contribution in [3.63, 3.8) is 0 Å². The Morgan fingerprint density at radius 1 is 0.361 bits per heavy atom. The van der Waals surface area contributed by atoms with E-state index < -0.39 is 40.9 Å². The molecule has 0 aliphatic heterocycles. The van der Waals surface area contributed by atoms with Gasteiger partial charge in [-0.1, -0.05) is 23.3 Å². The van der Waals surface area contributed by atoms with Crippen LogP contribution in [0.3, 0.4) is 0 Å². The van der Waals surface area contributed by atoms with Gasteiger partial charge in [-0.3, -0.25) is 19.2 Å². The summed E-state index contributed by atoms with van der Waals surface area (Å²) in [4.78, 5) is 63.6. The van der Waals surface area contributed by atoms with Crippen LogP contribution < -0.4 is 21.7 Å². The molecule has 0 saturated carbocycles. The van der Waals surface area contributed by atoms with Crippen molar-refractivity contribution in [1.82, 2.24) is 19.9 Å². The normalized spacial score (nSPS) is 12.2. The number of aromatic nitrogens is 4. The van der Waals surface area contributed by atoms with Gasteiger partial charge in [0.2, 0.25) is 0 Å². The summed E-state index contributed by atoms with van der Waals surface area (Å²) in [6.07, 6.45) is 0. The molecule has 308 valence electrons. The first kappa shape index (κ1) is 41.3. The van der Waals surface area contributed by atoms with Crippen LogP contribution in [0.1, 0.15) is 22.3 Å². The third kappa shape index (κ3) is 6.89. The van der Waals surface area contributed by atoms with E-state index in [0.29, 0.717) is 54.7 Å². The van der Waals surface area contributed by atoms with Gasteiger partial charge in [0.25, 0.3) is 0 Å². The number of nitrogens with one attached hydrogen (secondary N) is 4. The number of hydrogen-bond acceptors (Lipinski definition) is 10. The van der Waals surface area contributed by atoms with Crippen molar-refractivity contribution in [3.8, 4) is 0 Å². The topological polar surface area (TPSA) is 246 Å². The predicted octanol–water partition coefficient (Wildman–Crippen LogP) is 6.39. The number of hydrogen-bond donors (Lipinski definition) is 4. The van der Waals surface area contributed by atoms with Crippen LogP contribution in [0.15, 0.2) is 114 Å². The largest absolute Gasteiger partial charge is 2.00 e. The van der Waals surface area contributed by atoms with Gasteiger partial charge >= 0.3 is 16.5 Å². The third-order valence-electron chi connectivity index (χ3n) is 10.7. The van der Waals surface area contributed by atoms with E-state index in [1.54, 1.807) is 50.2 Å². The molecule has 17 heteroatoms. The minimum absolute atomic E-state index is 0. The first-order valence-corrected chi connectivity index (χ1v) is 21.1. The van der Waals surface area contributed by atoms with Gasteiger partial charge in [0, 0.05) is 54.1 Å². The Morgan fingerprint density at radius 2 is 0.639 bits per heavy atom. The Kier molecular flexibility index (Phi) is 9.69. The molecule has 0 saturated heterocycles. The van der Waals surface area contributed by atoms with Crippen molar-refractivity contribution < 1.29 is 42.4 Å². The molecule has 0 radical (unpaired) electrons. The number of rotatable bonds is 2. The number of aryl methyl sites for hydroxylation is 4. The summed E-state index contributed by atoms with van der Waals surface area (Å²) in [6.45, 7) is 7.01. The molecule has 0 atom stereocenters. The van der Waals surface area contributed by atoms with Gasteiger partial charge in [0.1, 0.15) is 20.2 Å². The second kappa shape index (κ2) is 14.3. The van der Waals surface area contributed by atoms with Crippen LogP contribution in [-0.2, 0) is 36.7 Å². The fourth-order valence-corrected chi connectivity index (χ4v) is 9.41. The molecule has 61 heavy (non-hydrogen) atoms. The summed E-state index contributed by atoms with van der Waals surface area (Å²) < 4.78 is 70.6.